The van der Waals surface area contributed by atoms with E-state index >= 15 is 0 Å². The number of aliphatic carboxylic acids is 1. The van der Waals surface area contributed by atoms with Crippen molar-refractivity contribution in [3.05, 3.63) is 41.5 Å². The third kappa shape index (κ3) is 5.20. The predicted molar refractivity (Wildman–Crippen MR) is 63.1 cm³/mol. The predicted octanol–water partition coefficient (Wildman–Crippen LogP) is 1.71. The molecule has 0 aromatic heterocycles. The zero-order valence-corrected chi connectivity index (χ0v) is 9.04. The minimum absolute atomic E-state index is 0. The first kappa shape index (κ1) is 13.7. The quantitative estimate of drug-likeness (QED) is 0.770. The van der Waals surface area contributed by atoms with Gasteiger partial charge >= 0.3 is 5.97 Å². The van der Waals surface area contributed by atoms with Gasteiger partial charge in [-0.2, -0.15) is 0 Å². The van der Waals surface area contributed by atoms with Gasteiger partial charge in [0, 0.05) is 6.08 Å². The highest BCUT2D eigenvalue weighted by molar-refractivity contribution is 5.85. The number of nitrogens with two attached hydrogens (primary N) is 1. The first-order valence-corrected chi connectivity index (χ1v) is 4.42. The molecule has 0 fully saturated rings. The van der Waals surface area contributed by atoms with Gasteiger partial charge in [0.05, 0.1) is 0 Å². The van der Waals surface area contributed by atoms with Crippen LogP contribution in [0.25, 0.3) is 6.08 Å². The molecule has 15 heavy (non-hydrogen) atoms. The Morgan fingerprint density at radius 1 is 1.33 bits per heavy atom. The van der Waals surface area contributed by atoms with Crippen molar-refractivity contribution in [2.45, 2.75) is 6.42 Å². The first-order valence-electron chi connectivity index (χ1n) is 4.42. The molecule has 0 aliphatic rings. The van der Waals surface area contributed by atoms with Crippen molar-refractivity contribution in [1.29, 1.82) is 0 Å². The van der Waals surface area contributed by atoms with Crippen LogP contribution >= 0.6 is 12.4 Å². The molecule has 0 atom stereocenters. The molecule has 0 radical (unpaired) electrons. The highest BCUT2D eigenvalue weighted by atomic mass is 35.5. The molecular weight excluding hydrogens is 214 g/mol. The fourth-order valence-corrected chi connectivity index (χ4v) is 1.13. The maximum atomic E-state index is 10.2. The summed E-state index contributed by atoms with van der Waals surface area (Å²) in [6, 6.07) is 7.66. The highest BCUT2D eigenvalue weighted by Crippen LogP contribution is 2.06. The number of carboxylic acids is 1. The lowest BCUT2D eigenvalue weighted by molar-refractivity contribution is -0.131. The van der Waals surface area contributed by atoms with Gasteiger partial charge in [-0.05, 0) is 30.2 Å². The molecule has 4 heteroatoms. The van der Waals surface area contributed by atoms with Gasteiger partial charge in [-0.3, -0.25) is 0 Å². The molecule has 3 N–H and O–H groups in total. The Kier molecular flexibility index (Phi) is 6.42. The molecule has 1 aromatic carbocycles. The molecule has 0 saturated heterocycles. The van der Waals surface area contributed by atoms with Gasteiger partial charge in [-0.1, -0.05) is 24.3 Å². The smallest absolute Gasteiger partial charge is 0.328 e. The van der Waals surface area contributed by atoms with E-state index in [-0.39, 0.29) is 12.4 Å². The van der Waals surface area contributed by atoms with E-state index in [1.165, 1.54) is 5.56 Å². The van der Waals surface area contributed by atoms with Crippen LogP contribution in [0.5, 0.6) is 0 Å². The Morgan fingerprint density at radius 2 is 1.93 bits per heavy atom. The summed E-state index contributed by atoms with van der Waals surface area (Å²) in [5.41, 5.74) is 7.45. The van der Waals surface area contributed by atoms with Crippen molar-refractivity contribution in [2.24, 2.45) is 5.73 Å². The molecule has 1 rings (SSSR count). The lowest BCUT2D eigenvalue weighted by Crippen LogP contribution is -2.02. The van der Waals surface area contributed by atoms with Crippen LogP contribution in [0.4, 0.5) is 0 Å². The number of hydrogen-bond donors (Lipinski definition) is 2. The lowest BCUT2D eigenvalue weighted by Gasteiger charge is -1.98. The Morgan fingerprint density at radius 3 is 2.40 bits per heavy atom. The molecule has 0 saturated carbocycles. The molecule has 0 spiro atoms. The monoisotopic (exact) mass is 227 g/mol. The number of halogens is 1. The van der Waals surface area contributed by atoms with E-state index in [2.05, 4.69) is 0 Å². The van der Waals surface area contributed by atoms with Crippen molar-refractivity contribution in [3.8, 4) is 0 Å². The molecule has 3 nitrogen and oxygen atoms in total. The Hall–Kier alpha value is -1.32. The maximum absolute atomic E-state index is 10.2. The largest absolute Gasteiger partial charge is 0.478 e. The maximum Gasteiger partial charge on any atom is 0.328 e. The van der Waals surface area contributed by atoms with Gasteiger partial charge in [0.1, 0.15) is 0 Å². The van der Waals surface area contributed by atoms with E-state index in [0.29, 0.717) is 6.54 Å². The highest BCUT2D eigenvalue weighted by Gasteiger charge is 1.92. The third-order valence-corrected chi connectivity index (χ3v) is 1.83. The van der Waals surface area contributed by atoms with Crippen molar-refractivity contribution < 1.29 is 9.90 Å². The van der Waals surface area contributed by atoms with Gasteiger partial charge in [0.15, 0.2) is 0 Å². The van der Waals surface area contributed by atoms with Gasteiger partial charge in [-0.25, -0.2) is 4.79 Å². The summed E-state index contributed by atoms with van der Waals surface area (Å²) in [5, 5.41) is 8.41. The number of hydrogen-bond acceptors (Lipinski definition) is 2. The average molecular weight is 228 g/mol. The summed E-state index contributed by atoms with van der Waals surface area (Å²) in [6.45, 7) is 0.629. The average Bonchev–Trinajstić information content (AvgIpc) is 2.17. The van der Waals surface area contributed by atoms with E-state index in [1.807, 2.05) is 24.3 Å². The normalized spacial score (nSPS) is 9.93. The van der Waals surface area contributed by atoms with Crippen LogP contribution in [-0.4, -0.2) is 17.6 Å². The van der Waals surface area contributed by atoms with E-state index in [9.17, 15) is 4.79 Å². The van der Waals surface area contributed by atoms with Crippen LogP contribution in [0.1, 0.15) is 11.1 Å². The minimum Gasteiger partial charge on any atom is -0.478 e. The molecule has 0 bridgehead atoms. The summed E-state index contributed by atoms with van der Waals surface area (Å²) < 4.78 is 0. The van der Waals surface area contributed by atoms with E-state index < -0.39 is 5.97 Å². The van der Waals surface area contributed by atoms with Crippen LogP contribution in [0, 0.1) is 0 Å². The molecule has 1 aromatic rings. The van der Waals surface area contributed by atoms with E-state index in [4.69, 9.17) is 10.8 Å². The van der Waals surface area contributed by atoms with Gasteiger partial charge in [0.2, 0.25) is 0 Å². The van der Waals surface area contributed by atoms with Crippen LogP contribution in [0.2, 0.25) is 0 Å². The standard InChI is InChI=1S/C11H13NO2.ClH/c12-8-7-10-3-1-9(2-4-10)5-6-11(13)14;/h1-6H,7-8,12H2,(H,13,14);1H. The van der Waals surface area contributed by atoms with E-state index in [0.717, 1.165) is 18.1 Å². The number of carbonyl (C=O) groups is 1. The molecular formula is C11H14ClNO2. The minimum atomic E-state index is -0.934. The third-order valence-electron chi connectivity index (χ3n) is 1.83. The van der Waals surface area contributed by atoms with Crippen molar-refractivity contribution in [2.75, 3.05) is 6.54 Å². The fourth-order valence-electron chi connectivity index (χ4n) is 1.13. The molecule has 0 unspecified atom stereocenters. The molecule has 0 aliphatic carbocycles. The number of carboxylic acid groups (broad SMARTS) is 1. The van der Waals surface area contributed by atoms with Crippen molar-refractivity contribution in [1.82, 2.24) is 0 Å². The lowest BCUT2D eigenvalue weighted by atomic mass is 10.1. The van der Waals surface area contributed by atoms with Crippen LogP contribution in [0.15, 0.2) is 30.3 Å². The Bertz CT molecular complexity index is 333. The fraction of sp³-hybridized carbons (Fsp3) is 0.182. The van der Waals surface area contributed by atoms with Gasteiger partial charge < -0.3 is 10.8 Å². The second kappa shape index (κ2) is 7.04. The van der Waals surface area contributed by atoms with Crippen LogP contribution in [-0.2, 0) is 11.2 Å². The molecule has 0 amide bonds. The molecule has 82 valence electrons. The Balaban J connectivity index is 0.00000196. The topological polar surface area (TPSA) is 63.3 Å². The second-order valence-corrected chi connectivity index (χ2v) is 2.95. The summed E-state index contributed by atoms with van der Waals surface area (Å²) in [6.07, 6.45) is 3.54. The van der Waals surface area contributed by atoms with E-state index in [1.54, 1.807) is 6.08 Å². The summed E-state index contributed by atoms with van der Waals surface area (Å²) in [5.74, 6) is -0.934. The van der Waals surface area contributed by atoms with Gasteiger partial charge in [0.25, 0.3) is 0 Å². The number of rotatable bonds is 4. The van der Waals surface area contributed by atoms with Crippen LogP contribution < -0.4 is 5.73 Å². The summed E-state index contributed by atoms with van der Waals surface area (Å²) in [4.78, 5) is 10.2. The first-order chi connectivity index (χ1) is 6.72. The SMILES string of the molecule is Cl.NCCc1ccc(C=CC(=O)O)cc1. The molecule has 0 aliphatic heterocycles. The van der Waals surface area contributed by atoms with Crippen LogP contribution in [0.3, 0.4) is 0 Å². The Labute approximate surface area is 95.0 Å². The zero-order chi connectivity index (χ0) is 10.4. The molecule has 0 heterocycles. The zero-order valence-electron chi connectivity index (χ0n) is 8.22. The summed E-state index contributed by atoms with van der Waals surface area (Å²) in [7, 11) is 0. The van der Waals surface area contributed by atoms with Gasteiger partial charge in [-0.15, -0.1) is 12.4 Å². The van der Waals surface area contributed by atoms with Crippen molar-refractivity contribution in [3.63, 3.8) is 0 Å². The number of benzene rings is 1. The van der Waals surface area contributed by atoms with Crippen molar-refractivity contribution >= 4 is 24.5 Å². The second-order valence-electron chi connectivity index (χ2n) is 2.95. The summed E-state index contributed by atoms with van der Waals surface area (Å²) >= 11 is 0.